The SMILES string of the molecule is CCn1c(SCC(=O)N/N=C\c2ccc(OC)c(OC)c2)nnc1-c1ccc(Cl)cc1. The van der Waals surface area contributed by atoms with Crippen molar-refractivity contribution in [3.63, 3.8) is 0 Å². The van der Waals surface area contributed by atoms with Crippen molar-refractivity contribution in [2.24, 2.45) is 5.10 Å². The highest BCUT2D eigenvalue weighted by Crippen LogP contribution is 2.27. The van der Waals surface area contributed by atoms with Crippen LogP contribution in [0.4, 0.5) is 0 Å². The standard InChI is InChI=1S/C21H22ClN5O3S/c1-4-27-20(15-6-8-16(22)9-7-15)25-26-21(27)31-13-19(28)24-23-12-14-5-10-17(29-2)18(11-14)30-3/h5-12H,4,13H2,1-3H3,(H,24,28)/b23-12-. The summed E-state index contributed by atoms with van der Waals surface area (Å²) in [6, 6.07) is 12.8. The van der Waals surface area contributed by atoms with Crippen LogP contribution in [-0.2, 0) is 11.3 Å². The summed E-state index contributed by atoms with van der Waals surface area (Å²) in [5.74, 6) is 1.85. The number of rotatable bonds is 9. The lowest BCUT2D eigenvalue weighted by molar-refractivity contribution is -0.118. The number of nitrogens with zero attached hydrogens (tertiary/aromatic N) is 4. The Labute approximate surface area is 189 Å². The molecule has 0 saturated heterocycles. The van der Waals surface area contributed by atoms with Crippen LogP contribution in [0.2, 0.25) is 5.02 Å². The average molecular weight is 460 g/mol. The van der Waals surface area contributed by atoms with Crippen molar-refractivity contribution < 1.29 is 14.3 Å². The Bertz CT molecular complexity index is 1070. The zero-order chi connectivity index (χ0) is 22.2. The largest absolute Gasteiger partial charge is 0.493 e. The first-order chi connectivity index (χ1) is 15.0. The minimum Gasteiger partial charge on any atom is -0.493 e. The van der Waals surface area contributed by atoms with E-state index in [1.165, 1.54) is 18.0 Å². The maximum absolute atomic E-state index is 12.2. The van der Waals surface area contributed by atoms with Crippen LogP contribution in [0.1, 0.15) is 12.5 Å². The molecule has 0 saturated carbocycles. The maximum Gasteiger partial charge on any atom is 0.250 e. The summed E-state index contributed by atoms with van der Waals surface area (Å²) in [6.07, 6.45) is 1.54. The molecule has 8 nitrogen and oxygen atoms in total. The van der Waals surface area contributed by atoms with Crippen molar-refractivity contribution in [1.82, 2.24) is 20.2 Å². The van der Waals surface area contributed by atoms with Gasteiger partial charge in [0.15, 0.2) is 22.5 Å². The Morgan fingerprint density at radius 2 is 1.90 bits per heavy atom. The number of nitrogens with one attached hydrogen (secondary N) is 1. The third-order valence-electron chi connectivity index (χ3n) is 4.28. The number of carbonyl (C=O) groups is 1. The molecule has 0 spiro atoms. The first kappa shape index (κ1) is 22.6. The summed E-state index contributed by atoms with van der Waals surface area (Å²) < 4.78 is 12.4. The van der Waals surface area contributed by atoms with Gasteiger partial charge in [-0.25, -0.2) is 5.43 Å². The van der Waals surface area contributed by atoms with Crippen LogP contribution >= 0.6 is 23.4 Å². The molecule has 1 N–H and O–H groups in total. The number of hydrogen-bond donors (Lipinski definition) is 1. The second-order valence-electron chi connectivity index (χ2n) is 6.25. The Hall–Kier alpha value is -3.04. The van der Waals surface area contributed by atoms with E-state index in [0.29, 0.717) is 28.2 Å². The van der Waals surface area contributed by atoms with E-state index in [9.17, 15) is 4.79 Å². The molecule has 162 valence electrons. The summed E-state index contributed by atoms with van der Waals surface area (Å²) in [6.45, 7) is 2.67. The first-order valence-corrected chi connectivity index (χ1v) is 10.8. The van der Waals surface area contributed by atoms with Gasteiger partial charge < -0.3 is 14.0 Å². The quantitative estimate of drug-likeness (QED) is 0.296. The van der Waals surface area contributed by atoms with Crippen LogP contribution in [0, 0.1) is 0 Å². The van der Waals surface area contributed by atoms with Gasteiger partial charge in [0.2, 0.25) is 0 Å². The maximum atomic E-state index is 12.2. The van der Waals surface area contributed by atoms with E-state index >= 15 is 0 Å². The normalized spacial score (nSPS) is 11.0. The van der Waals surface area contributed by atoms with Gasteiger partial charge in [-0.2, -0.15) is 5.10 Å². The number of aromatic nitrogens is 3. The molecule has 1 amide bonds. The Morgan fingerprint density at radius 1 is 1.16 bits per heavy atom. The Kier molecular flexibility index (Phi) is 7.91. The lowest BCUT2D eigenvalue weighted by Gasteiger charge is -2.07. The molecule has 0 aliphatic carbocycles. The van der Waals surface area contributed by atoms with E-state index in [4.69, 9.17) is 21.1 Å². The minimum atomic E-state index is -0.250. The molecule has 3 aromatic rings. The number of hydrazone groups is 1. The van der Waals surface area contributed by atoms with Crippen molar-refractivity contribution in [1.29, 1.82) is 0 Å². The zero-order valence-corrected chi connectivity index (χ0v) is 18.9. The number of carbonyl (C=O) groups excluding carboxylic acids is 1. The molecule has 0 atom stereocenters. The number of methoxy groups -OCH3 is 2. The van der Waals surface area contributed by atoms with E-state index < -0.39 is 0 Å². The van der Waals surface area contributed by atoms with Gasteiger partial charge in [-0.1, -0.05) is 23.4 Å². The molecule has 0 aliphatic heterocycles. The third kappa shape index (κ3) is 5.77. The summed E-state index contributed by atoms with van der Waals surface area (Å²) in [5, 5.41) is 13.8. The molecule has 1 heterocycles. The van der Waals surface area contributed by atoms with Gasteiger partial charge in [-0.15, -0.1) is 10.2 Å². The molecule has 1 aromatic heterocycles. The van der Waals surface area contributed by atoms with E-state index in [-0.39, 0.29) is 11.7 Å². The Morgan fingerprint density at radius 3 is 2.58 bits per heavy atom. The lowest BCUT2D eigenvalue weighted by atomic mass is 10.2. The molecule has 2 aromatic carbocycles. The fraction of sp³-hybridized carbons (Fsp3) is 0.238. The number of hydrogen-bond acceptors (Lipinski definition) is 7. The van der Waals surface area contributed by atoms with Crippen LogP contribution in [0.15, 0.2) is 52.7 Å². The van der Waals surface area contributed by atoms with Crippen molar-refractivity contribution in [3.8, 4) is 22.9 Å². The summed E-state index contributed by atoms with van der Waals surface area (Å²) in [5.41, 5.74) is 4.19. The van der Waals surface area contributed by atoms with Crippen molar-refractivity contribution >= 4 is 35.5 Å². The number of amides is 1. The molecular weight excluding hydrogens is 438 g/mol. The van der Waals surface area contributed by atoms with Gasteiger partial charge in [0.25, 0.3) is 5.91 Å². The van der Waals surface area contributed by atoms with Crippen LogP contribution < -0.4 is 14.9 Å². The van der Waals surface area contributed by atoms with E-state index in [2.05, 4.69) is 20.7 Å². The van der Waals surface area contributed by atoms with E-state index in [1.54, 1.807) is 26.4 Å². The molecule has 0 unspecified atom stereocenters. The number of benzene rings is 2. The van der Waals surface area contributed by atoms with Crippen LogP contribution in [0.5, 0.6) is 11.5 Å². The van der Waals surface area contributed by atoms with Crippen molar-refractivity contribution in [3.05, 3.63) is 53.1 Å². The highest BCUT2D eigenvalue weighted by atomic mass is 35.5. The summed E-state index contributed by atoms with van der Waals surface area (Å²) >= 11 is 7.25. The van der Waals surface area contributed by atoms with Gasteiger partial charge in [0.1, 0.15) is 0 Å². The predicted molar refractivity (Wildman–Crippen MR) is 122 cm³/mol. The monoisotopic (exact) mass is 459 g/mol. The predicted octanol–water partition coefficient (Wildman–Crippen LogP) is 3.88. The summed E-state index contributed by atoms with van der Waals surface area (Å²) in [4.78, 5) is 12.2. The van der Waals surface area contributed by atoms with Gasteiger partial charge in [0.05, 0.1) is 26.2 Å². The first-order valence-electron chi connectivity index (χ1n) is 9.41. The Balaban J connectivity index is 1.58. The fourth-order valence-electron chi connectivity index (χ4n) is 2.77. The van der Waals surface area contributed by atoms with Gasteiger partial charge in [-0.05, 0) is 55.0 Å². The molecule has 3 rings (SSSR count). The van der Waals surface area contributed by atoms with Gasteiger partial charge >= 0.3 is 0 Å². The van der Waals surface area contributed by atoms with E-state index in [1.807, 2.05) is 41.8 Å². The fourth-order valence-corrected chi connectivity index (χ4v) is 3.69. The smallest absolute Gasteiger partial charge is 0.250 e. The van der Waals surface area contributed by atoms with Crippen LogP contribution in [0.25, 0.3) is 11.4 Å². The molecule has 0 radical (unpaired) electrons. The summed E-state index contributed by atoms with van der Waals surface area (Å²) in [7, 11) is 3.13. The van der Waals surface area contributed by atoms with E-state index in [0.717, 1.165) is 17.0 Å². The highest BCUT2D eigenvalue weighted by molar-refractivity contribution is 7.99. The zero-order valence-electron chi connectivity index (χ0n) is 17.3. The number of thioether (sulfide) groups is 1. The highest BCUT2D eigenvalue weighted by Gasteiger charge is 2.14. The lowest BCUT2D eigenvalue weighted by Crippen LogP contribution is -2.20. The molecule has 10 heteroatoms. The average Bonchev–Trinajstić information content (AvgIpc) is 3.21. The second-order valence-corrected chi connectivity index (χ2v) is 7.63. The van der Waals surface area contributed by atoms with Crippen LogP contribution in [0.3, 0.4) is 0 Å². The molecule has 0 aliphatic rings. The number of halogens is 1. The van der Waals surface area contributed by atoms with Gasteiger partial charge in [-0.3, -0.25) is 4.79 Å². The molecule has 31 heavy (non-hydrogen) atoms. The minimum absolute atomic E-state index is 0.155. The topological polar surface area (TPSA) is 90.6 Å². The van der Waals surface area contributed by atoms with Crippen LogP contribution in [-0.4, -0.2) is 46.9 Å². The molecule has 0 bridgehead atoms. The molecule has 0 fully saturated rings. The number of ether oxygens (including phenoxy) is 2. The van der Waals surface area contributed by atoms with Crippen molar-refractivity contribution in [2.45, 2.75) is 18.6 Å². The third-order valence-corrected chi connectivity index (χ3v) is 5.50. The second kappa shape index (κ2) is 10.8. The van der Waals surface area contributed by atoms with Crippen molar-refractivity contribution in [2.75, 3.05) is 20.0 Å². The van der Waals surface area contributed by atoms with Gasteiger partial charge in [0, 0.05) is 17.1 Å². The molecular formula is C21H22ClN5O3S.